The molecule has 1 fully saturated rings. The molecule has 39 heavy (non-hydrogen) atoms. The number of unbranched alkanes of at least 4 members (excludes halogenated alkanes) is 1. The second-order valence-electron chi connectivity index (χ2n) is 10.0. The fourth-order valence-electron chi connectivity index (χ4n) is 5.54. The number of carboxylic acid groups (broad SMARTS) is 1. The van der Waals surface area contributed by atoms with Gasteiger partial charge in [-0.1, -0.05) is 37.6 Å². The summed E-state index contributed by atoms with van der Waals surface area (Å²) < 4.78 is 17.0. The van der Waals surface area contributed by atoms with Crippen LogP contribution < -0.4 is 19.9 Å². The number of fused-ring (bicyclic) bond motifs is 1. The average molecular weight is 542 g/mol. The van der Waals surface area contributed by atoms with Gasteiger partial charge in [0.05, 0.1) is 25.7 Å². The Balaban J connectivity index is 1.57. The molecule has 2 heterocycles. The smallest absolute Gasteiger partial charge is 0.308 e. The Morgan fingerprint density at radius 3 is 2.69 bits per heavy atom. The molecular formula is C29H39N3O7. The molecule has 0 bridgehead atoms. The summed E-state index contributed by atoms with van der Waals surface area (Å²) in [5.41, 5.74) is 7.28. The predicted octanol–water partition coefficient (Wildman–Crippen LogP) is 2.43. The summed E-state index contributed by atoms with van der Waals surface area (Å²) in [6.07, 6.45) is 2.24. The number of carboxylic acids is 1. The molecule has 1 saturated heterocycles. The molecule has 2 aromatic carbocycles. The zero-order valence-corrected chi connectivity index (χ0v) is 22.5. The monoisotopic (exact) mass is 541 g/mol. The van der Waals surface area contributed by atoms with Crippen molar-refractivity contribution >= 4 is 11.9 Å². The standard InChI is InChI=1S/C29H39N3O7/c1-2-3-12-31(13-11-30)27(34)17-32-16-22(20-8-9-25-26(15-20)39-19-38-25)28(29(35)36)23(32)10-14-37-24-7-5-4-6-21(24)18-33/h4-9,15,22-23,28,33H,2-3,10-14,16-19,30H2,1H3,(H,35,36)/t22-,23+,28-/m1/s1. The molecule has 2 aromatic rings. The van der Waals surface area contributed by atoms with Crippen LogP contribution in [0.15, 0.2) is 42.5 Å². The third-order valence-electron chi connectivity index (χ3n) is 7.54. The Morgan fingerprint density at radius 2 is 1.95 bits per heavy atom. The zero-order chi connectivity index (χ0) is 27.8. The molecule has 212 valence electrons. The van der Waals surface area contributed by atoms with Crippen molar-refractivity contribution in [3.63, 3.8) is 0 Å². The van der Waals surface area contributed by atoms with Gasteiger partial charge < -0.3 is 35.1 Å². The summed E-state index contributed by atoms with van der Waals surface area (Å²) >= 11 is 0. The average Bonchev–Trinajstić information content (AvgIpc) is 3.55. The molecule has 0 aromatic heterocycles. The highest BCUT2D eigenvalue weighted by Gasteiger charge is 2.47. The first-order valence-electron chi connectivity index (χ1n) is 13.6. The van der Waals surface area contributed by atoms with Crippen LogP contribution in [0.3, 0.4) is 0 Å². The van der Waals surface area contributed by atoms with Gasteiger partial charge >= 0.3 is 5.97 Å². The first kappa shape index (κ1) is 28.7. The minimum absolute atomic E-state index is 0.0547. The van der Waals surface area contributed by atoms with Crippen LogP contribution in [0, 0.1) is 5.92 Å². The van der Waals surface area contributed by atoms with Gasteiger partial charge in [-0.3, -0.25) is 14.5 Å². The maximum atomic E-state index is 13.4. The fraction of sp³-hybridized carbons (Fsp3) is 0.517. The lowest BCUT2D eigenvalue weighted by Crippen LogP contribution is -2.46. The maximum absolute atomic E-state index is 13.4. The number of hydrogen-bond acceptors (Lipinski definition) is 8. The number of nitrogens with two attached hydrogens (primary N) is 1. The van der Waals surface area contributed by atoms with Crippen molar-refractivity contribution < 1.29 is 34.0 Å². The number of rotatable bonds is 14. The maximum Gasteiger partial charge on any atom is 0.308 e. The SMILES string of the molecule is CCCCN(CCN)C(=O)CN1C[C@H](c2ccc3c(c2)OCO3)[C@@H](C(=O)O)[C@@H]1CCOc1ccccc1CO. The molecule has 0 unspecified atom stereocenters. The van der Waals surface area contributed by atoms with Crippen LogP contribution in [0.25, 0.3) is 0 Å². The van der Waals surface area contributed by atoms with Crippen molar-refractivity contribution in [3.8, 4) is 17.2 Å². The molecule has 2 aliphatic heterocycles. The van der Waals surface area contributed by atoms with E-state index in [0.29, 0.717) is 55.4 Å². The number of para-hydroxylation sites is 1. The number of likely N-dealkylation sites (tertiary alicyclic amines) is 1. The van der Waals surface area contributed by atoms with Crippen molar-refractivity contribution in [2.24, 2.45) is 11.7 Å². The van der Waals surface area contributed by atoms with E-state index in [1.54, 1.807) is 17.0 Å². The number of aliphatic hydroxyl groups excluding tert-OH is 1. The van der Waals surface area contributed by atoms with E-state index < -0.39 is 17.9 Å². The molecule has 0 radical (unpaired) electrons. The van der Waals surface area contributed by atoms with Gasteiger partial charge in [0.2, 0.25) is 12.7 Å². The second-order valence-corrected chi connectivity index (χ2v) is 10.0. The molecule has 3 atom stereocenters. The minimum Gasteiger partial charge on any atom is -0.493 e. The lowest BCUT2D eigenvalue weighted by molar-refractivity contribution is -0.144. The Kier molecular flexibility index (Phi) is 10.0. The van der Waals surface area contributed by atoms with E-state index in [0.717, 1.165) is 18.4 Å². The van der Waals surface area contributed by atoms with Gasteiger partial charge in [0.15, 0.2) is 11.5 Å². The van der Waals surface area contributed by atoms with Crippen molar-refractivity contribution in [2.45, 2.75) is 44.8 Å². The van der Waals surface area contributed by atoms with Crippen molar-refractivity contribution in [2.75, 3.05) is 46.1 Å². The number of ether oxygens (including phenoxy) is 3. The topological polar surface area (TPSA) is 135 Å². The molecule has 4 N–H and O–H groups in total. The number of aliphatic carboxylic acids is 1. The van der Waals surface area contributed by atoms with E-state index in [1.807, 2.05) is 35.2 Å². The first-order chi connectivity index (χ1) is 19.0. The Bertz CT molecular complexity index is 1130. The van der Waals surface area contributed by atoms with E-state index in [9.17, 15) is 19.8 Å². The largest absolute Gasteiger partial charge is 0.493 e. The number of hydrogen-bond donors (Lipinski definition) is 3. The second kappa shape index (κ2) is 13.6. The molecule has 10 nitrogen and oxygen atoms in total. The van der Waals surface area contributed by atoms with Gasteiger partial charge in [-0.15, -0.1) is 0 Å². The van der Waals surface area contributed by atoms with Gasteiger partial charge in [-0.25, -0.2) is 0 Å². The van der Waals surface area contributed by atoms with Gasteiger partial charge in [0, 0.05) is 43.7 Å². The van der Waals surface area contributed by atoms with Crippen LogP contribution in [0.2, 0.25) is 0 Å². The van der Waals surface area contributed by atoms with Crippen LogP contribution in [-0.2, 0) is 16.2 Å². The molecule has 4 rings (SSSR count). The molecule has 1 amide bonds. The summed E-state index contributed by atoms with van der Waals surface area (Å²) in [6, 6.07) is 12.3. The predicted molar refractivity (Wildman–Crippen MR) is 145 cm³/mol. The number of aliphatic hydroxyl groups is 1. The molecule has 0 saturated carbocycles. The van der Waals surface area contributed by atoms with E-state index in [4.69, 9.17) is 19.9 Å². The highest BCUT2D eigenvalue weighted by molar-refractivity contribution is 5.79. The van der Waals surface area contributed by atoms with E-state index in [-0.39, 0.29) is 38.4 Å². The number of carbonyl (C=O) groups excluding carboxylic acids is 1. The highest BCUT2D eigenvalue weighted by Crippen LogP contribution is 2.42. The van der Waals surface area contributed by atoms with E-state index in [1.165, 1.54) is 0 Å². The minimum atomic E-state index is -0.918. The summed E-state index contributed by atoms with van der Waals surface area (Å²) in [5, 5.41) is 20.0. The van der Waals surface area contributed by atoms with Crippen molar-refractivity contribution in [3.05, 3.63) is 53.6 Å². The molecule has 0 spiro atoms. The highest BCUT2D eigenvalue weighted by atomic mass is 16.7. The number of amides is 1. The molecule has 10 heteroatoms. The molecule has 2 aliphatic rings. The number of carbonyl (C=O) groups is 2. The Labute approximate surface area is 229 Å². The molecule has 0 aliphatic carbocycles. The summed E-state index contributed by atoms with van der Waals surface area (Å²) in [5.74, 6) is -0.281. The van der Waals surface area contributed by atoms with Crippen molar-refractivity contribution in [1.82, 2.24) is 9.80 Å². The summed E-state index contributed by atoms with van der Waals surface area (Å²) in [4.78, 5) is 29.8. The summed E-state index contributed by atoms with van der Waals surface area (Å²) in [6.45, 7) is 4.27. The third kappa shape index (κ3) is 6.81. The zero-order valence-electron chi connectivity index (χ0n) is 22.5. The van der Waals surface area contributed by atoms with E-state index in [2.05, 4.69) is 6.92 Å². The van der Waals surface area contributed by atoms with Crippen LogP contribution in [0.1, 0.15) is 43.2 Å². The Morgan fingerprint density at radius 1 is 1.15 bits per heavy atom. The van der Waals surface area contributed by atoms with Gasteiger partial charge in [-0.2, -0.15) is 0 Å². The van der Waals surface area contributed by atoms with Gasteiger partial charge in [0.25, 0.3) is 0 Å². The lowest BCUT2D eigenvalue weighted by atomic mass is 9.84. The fourth-order valence-corrected chi connectivity index (χ4v) is 5.54. The van der Waals surface area contributed by atoms with Crippen LogP contribution in [-0.4, -0.2) is 84.1 Å². The first-order valence-corrected chi connectivity index (χ1v) is 13.6. The number of nitrogens with zero attached hydrogens (tertiary/aromatic N) is 2. The normalized spacial score (nSPS) is 20.2. The summed E-state index contributed by atoms with van der Waals surface area (Å²) in [7, 11) is 0. The Hall–Kier alpha value is -3.34. The van der Waals surface area contributed by atoms with Gasteiger partial charge in [-0.05, 0) is 36.6 Å². The third-order valence-corrected chi connectivity index (χ3v) is 7.54. The van der Waals surface area contributed by atoms with Crippen LogP contribution in [0.4, 0.5) is 0 Å². The lowest BCUT2D eigenvalue weighted by Gasteiger charge is -2.29. The van der Waals surface area contributed by atoms with Crippen LogP contribution >= 0.6 is 0 Å². The van der Waals surface area contributed by atoms with Crippen molar-refractivity contribution in [1.29, 1.82) is 0 Å². The van der Waals surface area contributed by atoms with E-state index >= 15 is 0 Å². The number of benzene rings is 2. The molecular weight excluding hydrogens is 502 g/mol. The van der Waals surface area contributed by atoms with Crippen LogP contribution in [0.5, 0.6) is 17.2 Å². The quantitative estimate of drug-likeness (QED) is 0.330. The van der Waals surface area contributed by atoms with Gasteiger partial charge in [0.1, 0.15) is 5.75 Å².